The smallest absolute Gasteiger partial charge is 0.251 e. The minimum Gasteiger partial charge on any atom is -0.504 e. The third-order valence-electron chi connectivity index (χ3n) is 2.62. The zero-order valence-corrected chi connectivity index (χ0v) is 11.0. The van der Waals surface area contributed by atoms with E-state index >= 15 is 0 Å². The standard InChI is InChI=1S/C13H19NO5/c1-18-8-10(5-6-15)14-13(17)9-3-4-12(19-2)11(16)7-9/h3-4,7,10,15-16H,5-6,8H2,1-2H3,(H,14,17). The summed E-state index contributed by atoms with van der Waals surface area (Å²) < 4.78 is 9.86. The number of aliphatic hydroxyl groups excluding tert-OH is 1. The minimum atomic E-state index is -0.339. The lowest BCUT2D eigenvalue weighted by Gasteiger charge is -2.17. The quantitative estimate of drug-likeness (QED) is 0.672. The van der Waals surface area contributed by atoms with Crippen molar-refractivity contribution >= 4 is 5.91 Å². The SMILES string of the molecule is COCC(CCO)NC(=O)c1ccc(OC)c(O)c1. The van der Waals surface area contributed by atoms with Gasteiger partial charge in [-0.3, -0.25) is 4.79 Å². The van der Waals surface area contributed by atoms with Crippen LogP contribution in [0, 0.1) is 0 Å². The van der Waals surface area contributed by atoms with Gasteiger partial charge in [-0.05, 0) is 24.6 Å². The summed E-state index contributed by atoms with van der Waals surface area (Å²) in [6, 6.07) is 4.13. The summed E-state index contributed by atoms with van der Waals surface area (Å²) in [6.07, 6.45) is 0.404. The molecule has 0 fully saturated rings. The van der Waals surface area contributed by atoms with E-state index in [-0.39, 0.29) is 24.3 Å². The van der Waals surface area contributed by atoms with E-state index in [2.05, 4.69) is 5.32 Å². The van der Waals surface area contributed by atoms with Crippen molar-refractivity contribution in [1.82, 2.24) is 5.32 Å². The van der Waals surface area contributed by atoms with Crippen LogP contribution in [0.5, 0.6) is 11.5 Å². The lowest BCUT2D eigenvalue weighted by atomic mass is 10.1. The Morgan fingerprint density at radius 3 is 2.68 bits per heavy atom. The second-order valence-corrected chi connectivity index (χ2v) is 4.02. The zero-order valence-electron chi connectivity index (χ0n) is 11.0. The molecular weight excluding hydrogens is 250 g/mol. The highest BCUT2D eigenvalue weighted by molar-refractivity contribution is 5.95. The molecule has 0 aliphatic heterocycles. The number of rotatable bonds is 7. The number of amides is 1. The summed E-state index contributed by atoms with van der Waals surface area (Å²) in [5.41, 5.74) is 0.317. The predicted molar refractivity (Wildman–Crippen MR) is 69.5 cm³/mol. The van der Waals surface area contributed by atoms with Gasteiger partial charge in [-0.25, -0.2) is 0 Å². The minimum absolute atomic E-state index is 0.0395. The fraction of sp³-hybridized carbons (Fsp3) is 0.462. The molecule has 6 nitrogen and oxygen atoms in total. The molecule has 0 saturated carbocycles. The summed E-state index contributed by atoms with van der Waals surface area (Å²) in [6.45, 7) is 0.274. The van der Waals surface area contributed by atoms with Gasteiger partial charge >= 0.3 is 0 Å². The summed E-state index contributed by atoms with van der Waals surface area (Å²) in [7, 11) is 2.96. The number of aliphatic hydroxyl groups is 1. The number of hydrogen-bond acceptors (Lipinski definition) is 5. The molecule has 1 aromatic rings. The zero-order chi connectivity index (χ0) is 14.3. The molecule has 1 rings (SSSR count). The first kappa shape index (κ1) is 15.3. The van der Waals surface area contributed by atoms with Crippen LogP contribution in [0.4, 0.5) is 0 Å². The second kappa shape index (κ2) is 7.60. The van der Waals surface area contributed by atoms with Gasteiger partial charge in [0.1, 0.15) is 0 Å². The first-order chi connectivity index (χ1) is 9.12. The van der Waals surface area contributed by atoms with E-state index in [1.165, 1.54) is 26.4 Å². The van der Waals surface area contributed by atoms with Gasteiger partial charge < -0.3 is 25.0 Å². The number of ether oxygens (including phenoxy) is 2. The number of phenols is 1. The highest BCUT2D eigenvalue weighted by Crippen LogP contribution is 2.26. The molecule has 19 heavy (non-hydrogen) atoms. The van der Waals surface area contributed by atoms with Gasteiger partial charge in [0.05, 0.1) is 19.8 Å². The van der Waals surface area contributed by atoms with E-state index in [0.29, 0.717) is 24.3 Å². The maximum absolute atomic E-state index is 12.0. The highest BCUT2D eigenvalue weighted by Gasteiger charge is 2.14. The van der Waals surface area contributed by atoms with Crippen molar-refractivity contribution in [3.63, 3.8) is 0 Å². The molecule has 1 aromatic carbocycles. The summed E-state index contributed by atoms with van der Waals surface area (Å²) in [5, 5.41) is 21.2. The van der Waals surface area contributed by atoms with Crippen molar-refractivity contribution in [2.24, 2.45) is 0 Å². The van der Waals surface area contributed by atoms with Crippen LogP contribution in [-0.4, -0.2) is 49.6 Å². The number of hydrogen-bond donors (Lipinski definition) is 3. The second-order valence-electron chi connectivity index (χ2n) is 4.02. The van der Waals surface area contributed by atoms with Gasteiger partial charge in [-0.15, -0.1) is 0 Å². The van der Waals surface area contributed by atoms with Gasteiger partial charge in [0.25, 0.3) is 5.91 Å². The van der Waals surface area contributed by atoms with Gasteiger partial charge in [0.15, 0.2) is 11.5 Å². The van der Waals surface area contributed by atoms with Gasteiger partial charge in [0.2, 0.25) is 0 Å². The van der Waals surface area contributed by atoms with Crippen LogP contribution in [0.3, 0.4) is 0 Å². The topological polar surface area (TPSA) is 88.0 Å². The van der Waals surface area contributed by atoms with E-state index in [4.69, 9.17) is 14.6 Å². The molecular formula is C13H19NO5. The van der Waals surface area contributed by atoms with E-state index < -0.39 is 0 Å². The first-order valence-electron chi connectivity index (χ1n) is 5.90. The van der Waals surface area contributed by atoms with Crippen LogP contribution in [0.2, 0.25) is 0 Å². The first-order valence-corrected chi connectivity index (χ1v) is 5.90. The number of aromatic hydroxyl groups is 1. The van der Waals surface area contributed by atoms with Crippen molar-refractivity contribution in [1.29, 1.82) is 0 Å². The predicted octanol–water partition coefficient (Wildman–Crippen LogP) is 0.528. The van der Waals surface area contributed by atoms with Crippen molar-refractivity contribution in [3.05, 3.63) is 23.8 Å². The number of carbonyl (C=O) groups is 1. The van der Waals surface area contributed by atoms with Gasteiger partial charge in [-0.1, -0.05) is 0 Å². The molecule has 1 amide bonds. The van der Waals surface area contributed by atoms with E-state index in [0.717, 1.165) is 0 Å². The third kappa shape index (κ3) is 4.42. The largest absolute Gasteiger partial charge is 0.504 e. The molecule has 106 valence electrons. The molecule has 0 radical (unpaired) electrons. The lowest BCUT2D eigenvalue weighted by Crippen LogP contribution is -2.38. The molecule has 0 aliphatic rings. The Hall–Kier alpha value is -1.79. The normalized spacial score (nSPS) is 11.9. The number of phenolic OH excluding ortho intramolecular Hbond substituents is 1. The summed E-state index contributed by atoms with van der Waals surface area (Å²) in [4.78, 5) is 12.0. The molecule has 0 aromatic heterocycles. The Labute approximate surface area is 112 Å². The molecule has 0 bridgehead atoms. The Morgan fingerprint density at radius 1 is 1.42 bits per heavy atom. The van der Waals surface area contributed by atoms with Crippen LogP contribution >= 0.6 is 0 Å². The van der Waals surface area contributed by atoms with Crippen molar-refractivity contribution in [3.8, 4) is 11.5 Å². The van der Waals surface area contributed by atoms with Crippen LogP contribution < -0.4 is 10.1 Å². The fourth-order valence-corrected chi connectivity index (χ4v) is 1.65. The van der Waals surface area contributed by atoms with Crippen LogP contribution in [0.1, 0.15) is 16.8 Å². The number of benzene rings is 1. The Balaban J connectivity index is 2.73. The van der Waals surface area contributed by atoms with Crippen LogP contribution in [0.25, 0.3) is 0 Å². The van der Waals surface area contributed by atoms with Crippen molar-refractivity contribution in [2.75, 3.05) is 27.4 Å². The Kier molecular flexibility index (Phi) is 6.11. The summed E-state index contributed by atoms with van der Waals surface area (Å²) >= 11 is 0. The van der Waals surface area contributed by atoms with E-state index in [1.54, 1.807) is 6.07 Å². The van der Waals surface area contributed by atoms with Crippen LogP contribution in [-0.2, 0) is 4.74 Å². The number of methoxy groups -OCH3 is 2. The molecule has 3 N–H and O–H groups in total. The van der Waals surface area contributed by atoms with Crippen LogP contribution in [0.15, 0.2) is 18.2 Å². The molecule has 0 spiro atoms. The third-order valence-corrected chi connectivity index (χ3v) is 2.62. The van der Waals surface area contributed by atoms with Crippen molar-refractivity contribution < 1.29 is 24.5 Å². The van der Waals surface area contributed by atoms with E-state index in [1.807, 2.05) is 0 Å². The molecule has 1 atom stereocenters. The maximum atomic E-state index is 12.0. The monoisotopic (exact) mass is 269 g/mol. The van der Waals surface area contributed by atoms with Gasteiger partial charge in [-0.2, -0.15) is 0 Å². The molecule has 6 heteroatoms. The molecule has 1 unspecified atom stereocenters. The van der Waals surface area contributed by atoms with Gasteiger partial charge in [0, 0.05) is 19.3 Å². The van der Waals surface area contributed by atoms with E-state index in [9.17, 15) is 9.90 Å². The average molecular weight is 269 g/mol. The Morgan fingerprint density at radius 2 is 2.16 bits per heavy atom. The summed E-state index contributed by atoms with van der Waals surface area (Å²) in [5.74, 6) is -0.130. The maximum Gasteiger partial charge on any atom is 0.251 e. The molecule has 0 saturated heterocycles. The highest BCUT2D eigenvalue weighted by atomic mass is 16.5. The number of nitrogens with one attached hydrogen (secondary N) is 1. The molecule has 0 heterocycles. The molecule has 0 aliphatic carbocycles. The fourth-order valence-electron chi connectivity index (χ4n) is 1.65. The van der Waals surface area contributed by atoms with Crippen molar-refractivity contribution in [2.45, 2.75) is 12.5 Å². The average Bonchev–Trinajstić information content (AvgIpc) is 2.39. The lowest BCUT2D eigenvalue weighted by molar-refractivity contribution is 0.0878. The Bertz CT molecular complexity index is 415. The number of carbonyl (C=O) groups excluding carboxylic acids is 1.